The van der Waals surface area contributed by atoms with E-state index in [2.05, 4.69) is 20.9 Å². The molecule has 2 heterocycles. The van der Waals surface area contributed by atoms with Crippen molar-refractivity contribution >= 4 is 52.8 Å². The highest BCUT2D eigenvalue weighted by atomic mass is 16.2. The van der Waals surface area contributed by atoms with Crippen molar-refractivity contribution in [1.82, 2.24) is 20.4 Å². The summed E-state index contributed by atoms with van der Waals surface area (Å²) < 4.78 is 0. The third kappa shape index (κ3) is 8.17. The number of nitrogens with one attached hydrogen (secondary N) is 3. The second kappa shape index (κ2) is 14.3. The van der Waals surface area contributed by atoms with Crippen LogP contribution in [0, 0.1) is 0 Å². The van der Waals surface area contributed by atoms with Crippen molar-refractivity contribution in [3.8, 4) is 0 Å². The van der Waals surface area contributed by atoms with Gasteiger partial charge in [0.2, 0.25) is 35.4 Å². The molecule has 15 heteroatoms. The van der Waals surface area contributed by atoms with Gasteiger partial charge in [0.1, 0.15) is 24.2 Å². The fourth-order valence-electron chi connectivity index (χ4n) is 4.93. The van der Waals surface area contributed by atoms with E-state index >= 15 is 0 Å². The first-order valence-electron chi connectivity index (χ1n) is 13.9. The number of nitrogens with two attached hydrogens (primary N) is 3. The maximum Gasteiger partial charge on any atom is 0.246 e. The fourth-order valence-corrected chi connectivity index (χ4v) is 4.93. The summed E-state index contributed by atoms with van der Waals surface area (Å²) in [5.41, 5.74) is 17.5. The number of nitrogen functional groups attached to an aromatic ring is 1. The van der Waals surface area contributed by atoms with E-state index in [4.69, 9.17) is 17.2 Å². The van der Waals surface area contributed by atoms with Crippen LogP contribution in [-0.4, -0.2) is 88.5 Å². The molecule has 0 radical (unpaired) electrons. The second-order valence-electron chi connectivity index (χ2n) is 10.4. The summed E-state index contributed by atoms with van der Waals surface area (Å²) >= 11 is 0. The number of anilines is 2. The van der Waals surface area contributed by atoms with Crippen LogP contribution in [0.1, 0.15) is 52.4 Å². The molecule has 0 aromatic heterocycles. The highest BCUT2D eigenvalue weighted by Crippen LogP contribution is 2.20. The van der Waals surface area contributed by atoms with Crippen LogP contribution in [0.3, 0.4) is 0 Å². The van der Waals surface area contributed by atoms with Gasteiger partial charge in [-0.25, -0.2) is 0 Å². The normalized spacial score (nSPS) is 18.7. The predicted molar refractivity (Wildman–Crippen MR) is 154 cm³/mol. The molecule has 9 N–H and O–H groups in total. The van der Waals surface area contributed by atoms with Gasteiger partial charge in [-0.1, -0.05) is 0 Å². The van der Waals surface area contributed by atoms with Gasteiger partial charge in [-0.3, -0.25) is 38.7 Å². The first kappa shape index (κ1) is 31.8. The summed E-state index contributed by atoms with van der Waals surface area (Å²) in [4.78, 5) is 82.7. The number of imide groups is 1. The van der Waals surface area contributed by atoms with Crippen molar-refractivity contribution in [3.05, 3.63) is 24.3 Å². The van der Waals surface area contributed by atoms with Gasteiger partial charge in [-0.15, -0.1) is 0 Å². The van der Waals surface area contributed by atoms with Crippen LogP contribution in [0.25, 0.3) is 0 Å². The molecule has 2 aliphatic rings. The standard InChI is InChI=1S/C27H39N9O6/c1-15(32-23(39)16(2)36-21(37)11-12-22(36)38)26(42)35-14-4-6-20(35)25(41)34-19(5-3-13-31-27(29)30)24(40)33-18-9-7-17(28)8-10-18/h7-10,15-16,19-20H,3-6,11-14,28H2,1-2H3,(H,32,39)(H,33,40)(H,34,41)(H4,29,30,31)/t15-,16-,19-,20-/m0/s1. The van der Waals surface area contributed by atoms with E-state index in [1.54, 1.807) is 24.3 Å². The number of likely N-dealkylation sites (tertiary alicyclic amines) is 2. The lowest BCUT2D eigenvalue weighted by atomic mass is 10.1. The molecule has 0 spiro atoms. The van der Waals surface area contributed by atoms with Gasteiger partial charge in [0.15, 0.2) is 5.96 Å². The minimum Gasteiger partial charge on any atom is -0.399 e. The third-order valence-electron chi connectivity index (χ3n) is 7.18. The van der Waals surface area contributed by atoms with E-state index in [1.807, 2.05) is 0 Å². The van der Waals surface area contributed by atoms with Gasteiger partial charge in [0.05, 0.1) is 0 Å². The minimum absolute atomic E-state index is 0.0444. The van der Waals surface area contributed by atoms with Crippen LogP contribution >= 0.6 is 0 Å². The number of aliphatic imine (C=N–C) groups is 1. The molecule has 2 aliphatic heterocycles. The van der Waals surface area contributed by atoms with Crippen molar-refractivity contribution in [2.45, 2.75) is 76.5 Å². The highest BCUT2D eigenvalue weighted by Gasteiger charge is 2.40. The smallest absolute Gasteiger partial charge is 0.246 e. The third-order valence-corrected chi connectivity index (χ3v) is 7.18. The number of guanidine groups is 1. The Morgan fingerprint density at radius 2 is 1.64 bits per heavy atom. The number of benzene rings is 1. The van der Waals surface area contributed by atoms with E-state index in [0.29, 0.717) is 30.6 Å². The van der Waals surface area contributed by atoms with E-state index in [-0.39, 0.29) is 38.3 Å². The molecule has 0 unspecified atom stereocenters. The Kier molecular flexibility index (Phi) is 10.8. The molecule has 0 saturated carbocycles. The molecule has 1 aromatic carbocycles. The van der Waals surface area contributed by atoms with Gasteiger partial charge in [-0.2, -0.15) is 0 Å². The molecule has 2 saturated heterocycles. The molecule has 1 aromatic rings. The van der Waals surface area contributed by atoms with Crippen LogP contribution in [0.2, 0.25) is 0 Å². The number of nitrogens with zero attached hydrogens (tertiary/aromatic N) is 3. The largest absolute Gasteiger partial charge is 0.399 e. The Morgan fingerprint density at radius 3 is 2.26 bits per heavy atom. The molecule has 4 atom stereocenters. The Bertz CT molecular complexity index is 1210. The minimum atomic E-state index is -1.07. The average molecular weight is 586 g/mol. The monoisotopic (exact) mass is 585 g/mol. The van der Waals surface area contributed by atoms with E-state index < -0.39 is 59.6 Å². The van der Waals surface area contributed by atoms with Crippen molar-refractivity contribution in [1.29, 1.82) is 0 Å². The number of amides is 6. The summed E-state index contributed by atoms with van der Waals surface area (Å²) in [6, 6.07) is 2.63. The van der Waals surface area contributed by atoms with Gasteiger partial charge in [-0.05, 0) is 63.8 Å². The number of carbonyl (C=O) groups excluding carboxylic acids is 6. The van der Waals surface area contributed by atoms with Crippen molar-refractivity contribution in [2.75, 3.05) is 24.1 Å². The molecule has 6 amide bonds. The summed E-state index contributed by atoms with van der Waals surface area (Å²) in [5, 5.41) is 8.07. The predicted octanol–water partition coefficient (Wildman–Crippen LogP) is -1.22. The molecular weight excluding hydrogens is 546 g/mol. The topological polar surface area (TPSA) is 235 Å². The SMILES string of the molecule is C[C@H](NC(=O)[C@H](C)N1C(=O)CCC1=O)C(=O)N1CCC[C@H]1C(=O)N[C@@H](CCCN=C(N)N)C(=O)Nc1ccc(N)cc1. The summed E-state index contributed by atoms with van der Waals surface area (Å²) in [5.74, 6) is -3.09. The lowest BCUT2D eigenvalue weighted by Gasteiger charge is -2.29. The first-order chi connectivity index (χ1) is 19.9. The van der Waals surface area contributed by atoms with Gasteiger partial charge < -0.3 is 38.1 Å². The number of carbonyl (C=O) groups is 6. The average Bonchev–Trinajstić information content (AvgIpc) is 3.56. The van der Waals surface area contributed by atoms with Crippen molar-refractivity contribution in [3.63, 3.8) is 0 Å². The summed E-state index contributed by atoms with van der Waals surface area (Å²) in [7, 11) is 0. The van der Waals surface area contributed by atoms with Crippen LogP contribution in [0.4, 0.5) is 11.4 Å². The Hall–Kier alpha value is -4.69. The van der Waals surface area contributed by atoms with Crippen molar-refractivity contribution in [2.24, 2.45) is 16.5 Å². The van der Waals surface area contributed by atoms with Crippen LogP contribution in [-0.2, 0) is 28.8 Å². The molecule has 15 nitrogen and oxygen atoms in total. The number of hydrogen-bond acceptors (Lipinski definition) is 8. The molecule has 228 valence electrons. The second-order valence-corrected chi connectivity index (χ2v) is 10.4. The molecule has 3 rings (SSSR count). The maximum absolute atomic E-state index is 13.4. The molecule has 42 heavy (non-hydrogen) atoms. The zero-order valence-electron chi connectivity index (χ0n) is 23.8. The van der Waals surface area contributed by atoms with Gasteiger partial charge in [0, 0.05) is 37.3 Å². The number of rotatable bonds is 12. The van der Waals surface area contributed by atoms with Crippen molar-refractivity contribution < 1.29 is 28.8 Å². The first-order valence-corrected chi connectivity index (χ1v) is 13.9. The fraction of sp³-hybridized carbons (Fsp3) is 0.519. The molecule has 0 bridgehead atoms. The van der Waals surface area contributed by atoms with Crippen LogP contribution < -0.4 is 33.2 Å². The molecular formula is C27H39N9O6. The quantitative estimate of drug-likeness (QED) is 0.0566. The highest BCUT2D eigenvalue weighted by molar-refractivity contribution is 6.06. The number of hydrogen-bond donors (Lipinski definition) is 6. The Balaban J connectivity index is 1.65. The Labute approximate surface area is 243 Å². The van der Waals surface area contributed by atoms with Crippen LogP contribution in [0.15, 0.2) is 29.3 Å². The maximum atomic E-state index is 13.4. The zero-order valence-corrected chi connectivity index (χ0v) is 23.8. The van der Waals surface area contributed by atoms with E-state index in [0.717, 1.165) is 4.90 Å². The summed E-state index contributed by atoms with van der Waals surface area (Å²) in [6.45, 7) is 3.42. The zero-order chi connectivity index (χ0) is 31.0. The Morgan fingerprint density at radius 1 is 1.00 bits per heavy atom. The lowest BCUT2D eigenvalue weighted by Crippen LogP contribution is -2.57. The van der Waals surface area contributed by atoms with Gasteiger partial charge >= 0.3 is 0 Å². The summed E-state index contributed by atoms with van der Waals surface area (Å²) in [6.07, 6.45) is 1.62. The van der Waals surface area contributed by atoms with Gasteiger partial charge in [0.25, 0.3) is 0 Å². The van der Waals surface area contributed by atoms with E-state index in [1.165, 1.54) is 18.7 Å². The van der Waals surface area contributed by atoms with Crippen LogP contribution in [0.5, 0.6) is 0 Å². The van der Waals surface area contributed by atoms with E-state index in [9.17, 15) is 28.8 Å². The lowest BCUT2D eigenvalue weighted by molar-refractivity contribution is -0.147. The molecule has 2 fully saturated rings. The molecule has 0 aliphatic carbocycles.